The summed E-state index contributed by atoms with van der Waals surface area (Å²) in [5.41, 5.74) is 0.839. The van der Waals surface area contributed by atoms with Gasteiger partial charge in [-0.25, -0.2) is 0 Å². The average Bonchev–Trinajstić information content (AvgIpc) is 2.49. The molecule has 1 rings (SSSR count). The van der Waals surface area contributed by atoms with Crippen LogP contribution in [-0.2, 0) is 0 Å². The minimum atomic E-state index is -0.593. The lowest BCUT2D eigenvalue weighted by molar-refractivity contribution is 0.187. The quantitative estimate of drug-likeness (QED) is 0.386. The molecule has 1 heterocycles. The summed E-state index contributed by atoms with van der Waals surface area (Å²) in [6.45, 7) is 6.27. The predicted octanol–water partition coefficient (Wildman–Crippen LogP) is 1.86. The number of hydrogen-bond acceptors (Lipinski definition) is 3. The van der Waals surface area contributed by atoms with Crippen molar-refractivity contribution in [3.05, 3.63) is 30.1 Å². The van der Waals surface area contributed by atoms with Crippen LogP contribution in [-0.4, -0.2) is 35.7 Å². The molecule has 1 aromatic heterocycles. The fourth-order valence-electron chi connectivity index (χ4n) is 1.79. The number of aromatic nitrogens is 1. The number of aliphatic imine (C=N–C) groups is 1. The van der Waals surface area contributed by atoms with Gasteiger partial charge in [-0.2, -0.15) is 0 Å². The molecule has 3 N–H and O–H groups in total. The van der Waals surface area contributed by atoms with Gasteiger partial charge in [0.05, 0.1) is 12.6 Å². The number of pyridine rings is 1. The van der Waals surface area contributed by atoms with E-state index < -0.39 is 6.10 Å². The summed E-state index contributed by atoms with van der Waals surface area (Å²) in [6.07, 6.45) is 6.31. The van der Waals surface area contributed by atoms with Crippen LogP contribution in [0.1, 0.15) is 44.8 Å². The van der Waals surface area contributed by atoms with Crippen molar-refractivity contribution in [2.75, 3.05) is 19.6 Å². The van der Waals surface area contributed by atoms with Gasteiger partial charge < -0.3 is 15.7 Å². The van der Waals surface area contributed by atoms with Gasteiger partial charge in [-0.05, 0) is 31.0 Å². The van der Waals surface area contributed by atoms with Crippen molar-refractivity contribution in [1.82, 2.24) is 15.6 Å². The Morgan fingerprint density at radius 3 is 2.65 bits per heavy atom. The van der Waals surface area contributed by atoms with Crippen LogP contribution in [0, 0.1) is 0 Å². The second-order valence-corrected chi connectivity index (χ2v) is 4.65. The van der Waals surface area contributed by atoms with Crippen molar-refractivity contribution in [3.63, 3.8) is 0 Å². The third kappa shape index (κ3) is 6.52. The predicted molar refractivity (Wildman–Crippen MR) is 82.7 cm³/mol. The van der Waals surface area contributed by atoms with Crippen LogP contribution in [0.5, 0.6) is 0 Å². The number of aliphatic hydroxyl groups is 1. The zero-order valence-corrected chi connectivity index (χ0v) is 12.5. The minimum absolute atomic E-state index is 0.340. The second-order valence-electron chi connectivity index (χ2n) is 4.65. The lowest BCUT2D eigenvalue weighted by Gasteiger charge is -2.13. The summed E-state index contributed by atoms with van der Waals surface area (Å²) in [5, 5.41) is 16.5. The summed E-state index contributed by atoms with van der Waals surface area (Å²) in [5.74, 6) is 0.761. The highest BCUT2D eigenvalue weighted by molar-refractivity contribution is 5.79. The van der Waals surface area contributed by atoms with Crippen LogP contribution in [0.15, 0.2) is 29.5 Å². The van der Waals surface area contributed by atoms with Crippen LogP contribution >= 0.6 is 0 Å². The number of rotatable bonds is 8. The van der Waals surface area contributed by atoms with Crippen molar-refractivity contribution in [3.8, 4) is 0 Å². The van der Waals surface area contributed by atoms with Gasteiger partial charge in [-0.15, -0.1) is 0 Å². The van der Waals surface area contributed by atoms with Crippen LogP contribution in [0.3, 0.4) is 0 Å². The fourth-order valence-corrected chi connectivity index (χ4v) is 1.79. The Balaban J connectivity index is 2.45. The highest BCUT2D eigenvalue weighted by atomic mass is 16.3. The SMILES string of the molecule is CCCCCNC(=NCC(O)c1ccncc1)NCC. The molecule has 0 aliphatic heterocycles. The summed E-state index contributed by atoms with van der Waals surface area (Å²) < 4.78 is 0. The number of guanidine groups is 1. The molecule has 1 aromatic rings. The molecule has 0 amide bonds. The Morgan fingerprint density at radius 1 is 1.25 bits per heavy atom. The molecule has 112 valence electrons. The van der Waals surface area contributed by atoms with Crippen molar-refractivity contribution in [2.24, 2.45) is 4.99 Å². The number of unbranched alkanes of at least 4 members (excludes halogenated alkanes) is 2. The maximum absolute atomic E-state index is 10.1. The molecular formula is C15H26N4O. The molecule has 1 atom stereocenters. The van der Waals surface area contributed by atoms with Crippen LogP contribution in [0.4, 0.5) is 0 Å². The Bertz CT molecular complexity index is 381. The van der Waals surface area contributed by atoms with Gasteiger partial charge in [0.2, 0.25) is 0 Å². The number of nitrogens with one attached hydrogen (secondary N) is 2. The first-order valence-electron chi connectivity index (χ1n) is 7.38. The first-order valence-corrected chi connectivity index (χ1v) is 7.38. The molecule has 5 nitrogen and oxygen atoms in total. The number of aliphatic hydroxyl groups excluding tert-OH is 1. The van der Waals surface area contributed by atoms with E-state index in [0.717, 1.165) is 31.0 Å². The summed E-state index contributed by atoms with van der Waals surface area (Å²) in [4.78, 5) is 8.35. The highest BCUT2D eigenvalue weighted by Gasteiger charge is 2.06. The zero-order chi connectivity index (χ0) is 14.6. The van der Waals surface area contributed by atoms with E-state index in [1.165, 1.54) is 12.8 Å². The van der Waals surface area contributed by atoms with Crippen LogP contribution < -0.4 is 10.6 Å². The first-order chi connectivity index (χ1) is 9.77. The first kappa shape index (κ1) is 16.4. The third-order valence-electron chi connectivity index (χ3n) is 2.93. The molecule has 0 spiro atoms. The van der Waals surface area contributed by atoms with E-state index in [9.17, 15) is 5.11 Å². The van der Waals surface area contributed by atoms with E-state index in [1.807, 2.05) is 19.1 Å². The minimum Gasteiger partial charge on any atom is -0.386 e. The Labute approximate surface area is 121 Å². The van der Waals surface area contributed by atoms with Crippen molar-refractivity contribution >= 4 is 5.96 Å². The van der Waals surface area contributed by atoms with Gasteiger partial charge in [0.25, 0.3) is 0 Å². The lowest BCUT2D eigenvalue weighted by Crippen LogP contribution is -2.38. The Morgan fingerprint density at radius 2 is 2.00 bits per heavy atom. The fraction of sp³-hybridized carbons (Fsp3) is 0.600. The standard InChI is InChI=1S/C15H26N4O/c1-3-5-6-9-18-15(17-4-2)19-12-14(20)13-7-10-16-11-8-13/h7-8,10-11,14,20H,3-6,9,12H2,1-2H3,(H2,17,18,19). The van der Waals surface area contributed by atoms with E-state index in [-0.39, 0.29) is 0 Å². The summed E-state index contributed by atoms with van der Waals surface area (Å²) >= 11 is 0. The average molecular weight is 278 g/mol. The maximum atomic E-state index is 10.1. The van der Waals surface area contributed by atoms with Crippen molar-refractivity contribution in [2.45, 2.75) is 39.2 Å². The lowest BCUT2D eigenvalue weighted by atomic mass is 10.1. The van der Waals surface area contributed by atoms with E-state index in [0.29, 0.717) is 6.54 Å². The molecule has 0 aliphatic rings. The monoisotopic (exact) mass is 278 g/mol. The van der Waals surface area contributed by atoms with E-state index in [2.05, 4.69) is 27.5 Å². The van der Waals surface area contributed by atoms with Gasteiger partial charge in [0.1, 0.15) is 0 Å². The molecule has 20 heavy (non-hydrogen) atoms. The zero-order valence-electron chi connectivity index (χ0n) is 12.5. The summed E-state index contributed by atoms with van der Waals surface area (Å²) in [7, 11) is 0. The van der Waals surface area contributed by atoms with Crippen molar-refractivity contribution < 1.29 is 5.11 Å². The normalized spacial score (nSPS) is 13.1. The van der Waals surface area contributed by atoms with E-state index in [1.54, 1.807) is 12.4 Å². The molecule has 1 unspecified atom stereocenters. The van der Waals surface area contributed by atoms with Gasteiger partial charge in [-0.1, -0.05) is 19.8 Å². The van der Waals surface area contributed by atoms with Gasteiger partial charge in [0.15, 0.2) is 5.96 Å². The highest BCUT2D eigenvalue weighted by Crippen LogP contribution is 2.10. The van der Waals surface area contributed by atoms with Gasteiger partial charge >= 0.3 is 0 Å². The molecule has 0 radical (unpaired) electrons. The number of hydrogen-bond donors (Lipinski definition) is 3. The van der Waals surface area contributed by atoms with Gasteiger partial charge in [0, 0.05) is 25.5 Å². The molecule has 0 fully saturated rings. The van der Waals surface area contributed by atoms with Crippen molar-refractivity contribution in [1.29, 1.82) is 0 Å². The van der Waals surface area contributed by atoms with Gasteiger partial charge in [-0.3, -0.25) is 9.98 Å². The molecule has 0 aliphatic carbocycles. The maximum Gasteiger partial charge on any atom is 0.191 e. The molecular weight excluding hydrogens is 252 g/mol. The number of nitrogens with zero attached hydrogens (tertiary/aromatic N) is 2. The summed E-state index contributed by atoms with van der Waals surface area (Å²) in [6, 6.07) is 3.61. The largest absolute Gasteiger partial charge is 0.386 e. The molecule has 0 saturated carbocycles. The second kappa shape index (κ2) is 10.2. The van der Waals surface area contributed by atoms with Crippen LogP contribution in [0.25, 0.3) is 0 Å². The third-order valence-corrected chi connectivity index (χ3v) is 2.93. The topological polar surface area (TPSA) is 69.5 Å². The van der Waals surface area contributed by atoms with Crippen LogP contribution in [0.2, 0.25) is 0 Å². The van der Waals surface area contributed by atoms with E-state index in [4.69, 9.17) is 0 Å². The molecule has 0 bridgehead atoms. The molecule has 0 saturated heterocycles. The molecule has 0 aromatic carbocycles. The Hall–Kier alpha value is -1.62. The smallest absolute Gasteiger partial charge is 0.191 e. The Kier molecular flexibility index (Phi) is 8.38. The van der Waals surface area contributed by atoms with E-state index >= 15 is 0 Å². The molecule has 5 heteroatoms.